The van der Waals surface area contributed by atoms with Crippen LogP contribution in [0.2, 0.25) is 0 Å². The van der Waals surface area contributed by atoms with E-state index < -0.39 is 0 Å². The zero-order valence-corrected chi connectivity index (χ0v) is 10.5. The molecule has 2 rings (SSSR count). The van der Waals surface area contributed by atoms with Crippen LogP contribution < -0.4 is 11.1 Å². The number of hydrogen-bond acceptors (Lipinski definition) is 3. The van der Waals surface area contributed by atoms with E-state index in [0.29, 0.717) is 6.54 Å². The first-order chi connectivity index (χ1) is 8.36. The summed E-state index contributed by atoms with van der Waals surface area (Å²) in [7, 11) is 1.72. The highest BCUT2D eigenvalue weighted by molar-refractivity contribution is 5.35. The number of nitrogens with two attached hydrogens (primary N) is 1. The minimum atomic E-state index is 0.252. The van der Waals surface area contributed by atoms with Crippen LogP contribution in [0, 0.1) is 0 Å². The molecule has 0 spiro atoms. The first kappa shape index (κ1) is 12.6. The van der Waals surface area contributed by atoms with Gasteiger partial charge in [0.25, 0.3) is 0 Å². The molecule has 0 aromatic heterocycles. The van der Waals surface area contributed by atoms with Crippen molar-refractivity contribution in [1.82, 2.24) is 5.32 Å². The van der Waals surface area contributed by atoms with Crippen molar-refractivity contribution >= 4 is 0 Å². The van der Waals surface area contributed by atoms with Gasteiger partial charge in [-0.25, -0.2) is 0 Å². The number of ether oxygens (including phenoxy) is 1. The first-order valence-electron chi connectivity index (χ1n) is 6.38. The molecule has 3 nitrogen and oxygen atoms in total. The van der Waals surface area contributed by atoms with Gasteiger partial charge in [0.2, 0.25) is 0 Å². The third-order valence-corrected chi connectivity index (χ3v) is 3.32. The van der Waals surface area contributed by atoms with E-state index in [0.717, 1.165) is 19.1 Å². The molecule has 1 unspecified atom stereocenters. The highest BCUT2D eigenvalue weighted by Gasteiger charge is 2.27. The lowest BCUT2D eigenvalue weighted by molar-refractivity contribution is 0.196. The lowest BCUT2D eigenvalue weighted by atomic mass is 9.97. The predicted molar refractivity (Wildman–Crippen MR) is 70.1 cm³/mol. The smallest absolute Gasteiger partial charge is 0.0587 e. The van der Waals surface area contributed by atoms with E-state index in [9.17, 15) is 0 Å². The predicted octanol–water partition coefficient (Wildman–Crippen LogP) is 1.80. The molecular formula is C14H22N2O. The highest BCUT2D eigenvalue weighted by Crippen LogP contribution is 2.42. The molecule has 1 aliphatic carbocycles. The Kier molecular flexibility index (Phi) is 4.54. The molecule has 0 radical (unpaired) electrons. The maximum absolute atomic E-state index is 5.87. The van der Waals surface area contributed by atoms with Crippen LogP contribution >= 0.6 is 0 Å². The summed E-state index contributed by atoms with van der Waals surface area (Å²) in [6, 6.07) is 8.92. The van der Waals surface area contributed by atoms with Gasteiger partial charge in [0.15, 0.2) is 0 Å². The van der Waals surface area contributed by atoms with Crippen molar-refractivity contribution in [2.75, 3.05) is 26.8 Å². The van der Waals surface area contributed by atoms with Gasteiger partial charge in [0.05, 0.1) is 6.61 Å². The third-order valence-electron chi connectivity index (χ3n) is 3.32. The van der Waals surface area contributed by atoms with E-state index in [-0.39, 0.29) is 6.04 Å². The fourth-order valence-electron chi connectivity index (χ4n) is 2.25. The largest absolute Gasteiger partial charge is 0.383 e. The van der Waals surface area contributed by atoms with Crippen LogP contribution in [-0.2, 0) is 4.74 Å². The monoisotopic (exact) mass is 234 g/mol. The van der Waals surface area contributed by atoms with Gasteiger partial charge in [-0.1, -0.05) is 24.3 Å². The molecule has 94 valence electrons. The van der Waals surface area contributed by atoms with Crippen molar-refractivity contribution in [3.63, 3.8) is 0 Å². The van der Waals surface area contributed by atoms with Gasteiger partial charge in [0.1, 0.15) is 0 Å². The molecule has 0 aliphatic heterocycles. The molecule has 0 saturated heterocycles. The number of nitrogens with one attached hydrogen (secondary N) is 1. The lowest BCUT2D eigenvalue weighted by Gasteiger charge is -2.20. The Morgan fingerprint density at radius 1 is 1.41 bits per heavy atom. The maximum atomic E-state index is 5.87. The number of benzene rings is 1. The molecule has 1 saturated carbocycles. The maximum Gasteiger partial charge on any atom is 0.0587 e. The molecule has 1 aromatic rings. The molecule has 1 fully saturated rings. The van der Waals surface area contributed by atoms with Gasteiger partial charge in [-0.3, -0.25) is 0 Å². The molecule has 17 heavy (non-hydrogen) atoms. The average Bonchev–Trinajstić information content (AvgIpc) is 3.19. The Balaban J connectivity index is 2.06. The lowest BCUT2D eigenvalue weighted by Crippen LogP contribution is -2.31. The van der Waals surface area contributed by atoms with Crippen LogP contribution in [0.5, 0.6) is 0 Å². The van der Waals surface area contributed by atoms with Crippen LogP contribution in [0.1, 0.15) is 35.9 Å². The number of hydrogen-bond donors (Lipinski definition) is 2. The van der Waals surface area contributed by atoms with E-state index in [2.05, 4.69) is 29.6 Å². The summed E-state index contributed by atoms with van der Waals surface area (Å²) >= 11 is 0. The fourth-order valence-corrected chi connectivity index (χ4v) is 2.25. The average molecular weight is 234 g/mol. The van der Waals surface area contributed by atoms with E-state index in [1.54, 1.807) is 7.11 Å². The molecule has 3 heteroatoms. The van der Waals surface area contributed by atoms with Gasteiger partial charge in [-0.05, 0) is 29.9 Å². The van der Waals surface area contributed by atoms with Crippen LogP contribution in [0.4, 0.5) is 0 Å². The molecule has 3 N–H and O–H groups in total. The molecule has 0 amide bonds. The Bertz CT molecular complexity index is 350. The van der Waals surface area contributed by atoms with Crippen LogP contribution in [0.3, 0.4) is 0 Å². The second kappa shape index (κ2) is 6.15. The number of rotatable bonds is 7. The van der Waals surface area contributed by atoms with E-state index >= 15 is 0 Å². The standard InChI is InChI=1S/C14H22N2O/c1-17-9-8-16-14(10-15)13-5-3-2-4-12(13)11-6-7-11/h2-5,11,14,16H,6-10,15H2,1H3. The van der Waals surface area contributed by atoms with Crippen molar-refractivity contribution < 1.29 is 4.74 Å². The molecule has 0 heterocycles. The SMILES string of the molecule is COCCNC(CN)c1ccccc1C1CC1. The van der Waals surface area contributed by atoms with Crippen molar-refractivity contribution in [3.8, 4) is 0 Å². The van der Waals surface area contributed by atoms with Crippen molar-refractivity contribution in [3.05, 3.63) is 35.4 Å². The zero-order chi connectivity index (χ0) is 12.1. The minimum Gasteiger partial charge on any atom is -0.383 e. The van der Waals surface area contributed by atoms with E-state index in [4.69, 9.17) is 10.5 Å². The summed E-state index contributed by atoms with van der Waals surface area (Å²) in [5.74, 6) is 0.768. The summed E-state index contributed by atoms with van der Waals surface area (Å²) in [6.45, 7) is 2.20. The Labute approximate surface area is 103 Å². The molecule has 1 aliphatic rings. The van der Waals surface area contributed by atoms with Gasteiger partial charge in [0, 0.05) is 26.2 Å². The second-order valence-electron chi connectivity index (χ2n) is 4.64. The highest BCUT2D eigenvalue weighted by atomic mass is 16.5. The third kappa shape index (κ3) is 3.28. The summed E-state index contributed by atoms with van der Waals surface area (Å²) in [4.78, 5) is 0. The second-order valence-corrected chi connectivity index (χ2v) is 4.64. The van der Waals surface area contributed by atoms with Gasteiger partial charge < -0.3 is 15.8 Å². The van der Waals surface area contributed by atoms with Crippen LogP contribution in [0.25, 0.3) is 0 Å². The molecule has 1 aromatic carbocycles. The van der Waals surface area contributed by atoms with Gasteiger partial charge in [-0.15, -0.1) is 0 Å². The van der Waals surface area contributed by atoms with Gasteiger partial charge in [-0.2, -0.15) is 0 Å². The van der Waals surface area contributed by atoms with Crippen molar-refractivity contribution in [2.24, 2.45) is 5.73 Å². The van der Waals surface area contributed by atoms with Crippen LogP contribution in [0.15, 0.2) is 24.3 Å². The topological polar surface area (TPSA) is 47.3 Å². The Morgan fingerprint density at radius 3 is 2.82 bits per heavy atom. The summed E-state index contributed by atoms with van der Waals surface area (Å²) in [6.07, 6.45) is 2.65. The van der Waals surface area contributed by atoms with E-state index in [1.807, 2.05) is 0 Å². The quantitative estimate of drug-likeness (QED) is 0.707. The van der Waals surface area contributed by atoms with Crippen LogP contribution in [-0.4, -0.2) is 26.8 Å². The van der Waals surface area contributed by atoms with Crippen molar-refractivity contribution in [2.45, 2.75) is 24.8 Å². The summed E-state index contributed by atoms with van der Waals surface area (Å²) in [5.41, 5.74) is 8.72. The Morgan fingerprint density at radius 2 is 2.18 bits per heavy atom. The first-order valence-corrected chi connectivity index (χ1v) is 6.38. The zero-order valence-electron chi connectivity index (χ0n) is 10.5. The molecule has 0 bridgehead atoms. The normalized spacial score (nSPS) is 17.1. The molecule has 1 atom stereocenters. The van der Waals surface area contributed by atoms with Crippen molar-refractivity contribution in [1.29, 1.82) is 0 Å². The van der Waals surface area contributed by atoms with Gasteiger partial charge >= 0.3 is 0 Å². The molecular weight excluding hydrogens is 212 g/mol. The fraction of sp³-hybridized carbons (Fsp3) is 0.571. The minimum absolute atomic E-state index is 0.252. The Hall–Kier alpha value is -0.900. The number of methoxy groups -OCH3 is 1. The van der Waals surface area contributed by atoms with E-state index in [1.165, 1.54) is 24.0 Å². The summed E-state index contributed by atoms with van der Waals surface area (Å²) < 4.78 is 5.06. The summed E-state index contributed by atoms with van der Waals surface area (Å²) in [5, 5.41) is 3.46.